The third-order valence-electron chi connectivity index (χ3n) is 4.99. The Morgan fingerprint density at radius 2 is 2.11 bits per heavy atom. The number of nitrogens with zero attached hydrogens (tertiary/aromatic N) is 2. The lowest BCUT2D eigenvalue weighted by Gasteiger charge is -2.14. The molecule has 0 unspecified atom stereocenters. The molecule has 2 aromatic heterocycles. The molecule has 2 N–H and O–H groups in total. The highest BCUT2D eigenvalue weighted by Crippen LogP contribution is 2.31. The van der Waals surface area contributed by atoms with Gasteiger partial charge in [0.15, 0.2) is 0 Å². The number of pyridine rings is 1. The molecule has 3 heterocycles. The summed E-state index contributed by atoms with van der Waals surface area (Å²) in [6.45, 7) is 4.58. The SMILES string of the molecule is Cc1c(CN(C)C(=O)/C=C/c2cnc3c(c2)NCCCN3)sc2ccccc12. The molecule has 1 aliphatic rings. The van der Waals surface area contributed by atoms with Gasteiger partial charge < -0.3 is 15.5 Å². The highest BCUT2D eigenvalue weighted by molar-refractivity contribution is 7.19. The highest BCUT2D eigenvalue weighted by Gasteiger charge is 2.13. The summed E-state index contributed by atoms with van der Waals surface area (Å²) in [6, 6.07) is 10.4. The van der Waals surface area contributed by atoms with Crippen LogP contribution < -0.4 is 10.6 Å². The number of hydrogen-bond donors (Lipinski definition) is 2. The van der Waals surface area contributed by atoms with Crippen LogP contribution in [-0.2, 0) is 11.3 Å². The van der Waals surface area contributed by atoms with Crippen molar-refractivity contribution in [3.63, 3.8) is 0 Å². The maximum atomic E-state index is 12.6. The molecule has 0 spiro atoms. The van der Waals surface area contributed by atoms with E-state index in [1.165, 1.54) is 20.5 Å². The minimum atomic E-state index is -0.0158. The van der Waals surface area contributed by atoms with E-state index in [0.29, 0.717) is 6.54 Å². The summed E-state index contributed by atoms with van der Waals surface area (Å²) in [5.74, 6) is 0.858. The molecule has 1 aliphatic heterocycles. The standard InChI is InChI=1S/C22H24N4OS/c1-15-17-6-3-4-7-19(17)28-20(15)14-26(2)21(27)9-8-16-12-18-22(25-13-16)24-11-5-10-23-18/h3-4,6-9,12-13,23H,5,10-11,14H2,1-2H3,(H,24,25)/b9-8+. The molecule has 0 bridgehead atoms. The Labute approximate surface area is 169 Å². The average molecular weight is 393 g/mol. The van der Waals surface area contributed by atoms with E-state index in [1.54, 1.807) is 28.5 Å². The summed E-state index contributed by atoms with van der Waals surface area (Å²) in [5, 5.41) is 7.96. The van der Waals surface area contributed by atoms with Crippen LogP contribution in [0.4, 0.5) is 11.5 Å². The molecule has 0 saturated carbocycles. The number of anilines is 2. The molecule has 1 aromatic carbocycles. The molecule has 0 atom stereocenters. The maximum Gasteiger partial charge on any atom is 0.246 e. The topological polar surface area (TPSA) is 57.3 Å². The van der Waals surface area contributed by atoms with Gasteiger partial charge in [-0.2, -0.15) is 0 Å². The largest absolute Gasteiger partial charge is 0.382 e. The van der Waals surface area contributed by atoms with Crippen LogP contribution in [0.3, 0.4) is 0 Å². The van der Waals surface area contributed by atoms with Crippen molar-refractivity contribution in [2.45, 2.75) is 19.9 Å². The second kappa shape index (κ2) is 8.02. The molecule has 1 amide bonds. The molecule has 4 rings (SSSR count). The summed E-state index contributed by atoms with van der Waals surface area (Å²) < 4.78 is 1.27. The van der Waals surface area contributed by atoms with Crippen molar-refractivity contribution in [1.29, 1.82) is 0 Å². The molecular formula is C22H24N4OS. The zero-order valence-electron chi connectivity index (χ0n) is 16.2. The monoisotopic (exact) mass is 392 g/mol. The zero-order valence-corrected chi connectivity index (χ0v) is 17.0. The predicted octanol–water partition coefficient (Wildman–Crippen LogP) is 4.50. The van der Waals surface area contributed by atoms with Crippen molar-refractivity contribution in [2.24, 2.45) is 0 Å². The van der Waals surface area contributed by atoms with Gasteiger partial charge in [0.2, 0.25) is 5.91 Å². The quantitative estimate of drug-likeness (QED) is 0.642. The molecule has 0 radical (unpaired) electrons. The first kappa shape index (κ1) is 18.5. The van der Waals surface area contributed by atoms with Crippen LogP contribution in [0.25, 0.3) is 16.2 Å². The Kier molecular flexibility index (Phi) is 5.30. The molecule has 0 saturated heterocycles. The smallest absolute Gasteiger partial charge is 0.246 e. The molecule has 144 valence electrons. The van der Waals surface area contributed by atoms with Crippen LogP contribution in [0.1, 0.15) is 22.4 Å². The minimum absolute atomic E-state index is 0.0158. The summed E-state index contributed by atoms with van der Waals surface area (Å²) in [7, 11) is 1.84. The Morgan fingerprint density at radius 1 is 1.29 bits per heavy atom. The Balaban J connectivity index is 1.45. The highest BCUT2D eigenvalue weighted by atomic mass is 32.1. The van der Waals surface area contributed by atoms with Crippen molar-refractivity contribution in [3.05, 3.63) is 58.6 Å². The fourth-order valence-corrected chi connectivity index (χ4v) is 4.59. The number of carbonyl (C=O) groups is 1. The number of rotatable bonds is 4. The normalized spacial score (nSPS) is 13.6. The predicted molar refractivity (Wildman–Crippen MR) is 118 cm³/mol. The van der Waals surface area contributed by atoms with Crippen LogP contribution in [0.15, 0.2) is 42.6 Å². The number of benzene rings is 1. The van der Waals surface area contributed by atoms with Crippen molar-refractivity contribution in [2.75, 3.05) is 30.8 Å². The molecule has 0 fully saturated rings. The number of nitrogens with one attached hydrogen (secondary N) is 2. The number of aryl methyl sites for hydroxylation is 1. The average Bonchev–Trinajstić information content (AvgIpc) is 2.88. The van der Waals surface area contributed by atoms with E-state index < -0.39 is 0 Å². The van der Waals surface area contributed by atoms with Crippen molar-refractivity contribution < 1.29 is 4.79 Å². The molecule has 0 aliphatic carbocycles. The summed E-state index contributed by atoms with van der Waals surface area (Å²) >= 11 is 1.76. The van der Waals surface area contributed by atoms with Crippen LogP contribution in [0.2, 0.25) is 0 Å². The number of likely N-dealkylation sites (N-methyl/N-ethyl adjacent to an activating group) is 1. The zero-order chi connectivity index (χ0) is 19.5. The second-order valence-corrected chi connectivity index (χ2v) is 8.18. The van der Waals surface area contributed by atoms with Crippen LogP contribution in [-0.4, -0.2) is 35.9 Å². The number of thiophene rings is 1. The van der Waals surface area contributed by atoms with Gasteiger partial charge in [0.05, 0.1) is 12.2 Å². The molecule has 5 nitrogen and oxygen atoms in total. The number of amides is 1. The van der Waals surface area contributed by atoms with Crippen molar-refractivity contribution >= 4 is 44.9 Å². The van der Waals surface area contributed by atoms with Gasteiger partial charge >= 0.3 is 0 Å². The number of fused-ring (bicyclic) bond motifs is 2. The van der Waals surface area contributed by atoms with Gasteiger partial charge in [-0.05, 0) is 48.1 Å². The Morgan fingerprint density at radius 3 is 2.96 bits per heavy atom. The first-order chi connectivity index (χ1) is 13.6. The van der Waals surface area contributed by atoms with Gasteiger partial charge in [0.25, 0.3) is 0 Å². The van der Waals surface area contributed by atoms with Gasteiger partial charge in [0.1, 0.15) is 5.82 Å². The third kappa shape index (κ3) is 3.87. The van der Waals surface area contributed by atoms with E-state index >= 15 is 0 Å². The fourth-order valence-electron chi connectivity index (χ4n) is 3.33. The van der Waals surface area contributed by atoms with E-state index in [1.807, 2.05) is 19.2 Å². The van der Waals surface area contributed by atoms with E-state index in [9.17, 15) is 4.79 Å². The number of hydrogen-bond acceptors (Lipinski definition) is 5. The van der Waals surface area contributed by atoms with E-state index in [2.05, 4.69) is 46.8 Å². The van der Waals surface area contributed by atoms with E-state index in [-0.39, 0.29) is 5.91 Å². The number of carbonyl (C=O) groups excluding carboxylic acids is 1. The van der Waals surface area contributed by atoms with Crippen LogP contribution >= 0.6 is 11.3 Å². The van der Waals surface area contributed by atoms with E-state index in [4.69, 9.17) is 0 Å². The molecule has 3 aromatic rings. The van der Waals surface area contributed by atoms with Crippen molar-refractivity contribution in [3.8, 4) is 0 Å². The van der Waals surface area contributed by atoms with Gasteiger partial charge in [-0.1, -0.05) is 18.2 Å². The van der Waals surface area contributed by atoms with Gasteiger partial charge in [-0.15, -0.1) is 11.3 Å². The first-order valence-electron chi connectivity index (χ1n) is 9.50. The van der Waals surface area contributed by atoms with Gasteiger partial charge in [-0.3, -0.25) is 4.79 Å². The lowest BCUT2D eigenvalue weighted by atomic mass is 10.1. The van der Waals surface area contributed by atoms with Gasteiger partial charge in [-0.25, -0.2) is 4.98 Å². The summed E-state index contributed by atoms with van der Waals surface area (Å²) in [4.78, 5) is 20.0. The van der Waals surface area contributed by atoms with Gasteiger partial charge in [0, 0.05) is 42.0 Å². The first-order valence-corrected chi connectivity index (χ1v) is 10.3. The second-order valence-electron chi connectivity index (χ2n) is 7.05. The lowest BCUT2D eigenvalue weighted by Crippen LogP contribution is -2.23. The van der Waals surface area contributed by atoms with E-state index in [0.717, 1.165) is 36.6 Å². The van der Waals surface area contributed by atoms with Crippen LogP contribution in [0, 0.1) is 6.92 Å². The van der Waals surface area contributed by atoms with Crippen LogP contribution in [0.5, 0.6) is 0 Å². The maximum absolute atomic E-state index is 12.6. The lowest BCUT2D eigenvalue weighted by molar-refractivity contribution is -0.125. The molecule has 6 heteroatoms. The summed E-state index contributed by atoms with van der Waals surface area (Å²) in [6.07, 6.45) is 6.30. The minimum Gasteiger partial charge on any atom is -0.382 e. The molecular weight excluding hydrogens is 368 g/mol. The fraction of sp³-hybridized carbons (Fsp3) is 0.273. The van der Waals surface area contributed by atoms with Crippen molar-refractivity contribution in [1.82, 2.24) is 9.88 Å². The Bertz CT molecular complexity index is 1040. The molecule has 28 heavy (non-hydrogen) atoms. The summed E-state index contributed by atoms with van der Waals surface area (Å²) in [5.41, 5.74) is 3.16. The third-order valence-corrected chi connectivity index (χ3v) is 6.25. The Hall–Kier alpha value is -2.86. The number of aromatic nitrogens is 1.